The number of carbonyl (C=O) groups excluding carboxylic acids is 1. The maximum absolute atomic E-state index is 11.5. The lowest BCUT2D eigenvalue weighted by Crippen LogP contribution is -2.34. The molecule has 0 spiro atoms. The van der Waals surface area contributed by atoms with Crippen molar-refractivity contribution in [2.24, 2.45) is 0 Å². The van der Waals surface area contributed by atoms with E-state index in [2.05, 4.69) is 16.3 Å². The Morgan fingerprint density at radius 2 is 2.07 bits per heavy atom. The van der Waals surface area contributed by atoms with Crippen molar-refractivity contribution in [1.82, 2.24) is 4.90 Å². The van der Waals surface area contributed by atoms with E-state index in [4.69, 9.17) is 0 Å². The molecule has 0 fully saturated rings. The first-order valence-electron chi connectivity index (χ1n) is 4.98. The van der Waals surface area contributed by atoms with Gasteiger partial charge in [0.25, 0.3) is 0 Å². The van der Waals surface area contributed by atoms with Crippen molar-refractivity contribution < 1.29 is 4.79 Å². The first-order valence-corrected chi connectivity index (χ1v) is 5.86. The molecule has 3 nitrogen and oxygen atoms in total. The number of nitrogens with zero attached hydrogens (tertiary/aromatic N) is 2. The Morgan fingerprint density at radius 3 is 2.47 bits per heavy atom. The molecule has 0 radical (unpaired) electrons. The molecule has 1 aromatic heterocycles. The van der Waals surface area contributed by atoms with E-state index in [1.807, 2.05) is 25.9 Å². The molecule has 0 aromatic carbocycles. The Hall–Kier alpha value is -0.870. The van der Waals surface area contributed by atoms with Gasteiger partial charge in [-0.1, -0.05) is 0 Å². The van der Waals surface area contributed by atoms with E-state index in [1.165, 1.54) is 5.56 Å². The maximum Gasteiger partial charge on any atom is 0.224 e. The summed E-state index contributed by atoms with van der Waals surface area (Å²) in [5, 5.41) is 3.11. The summed E-state index contributed by atoms with van der Waals surface area (Å²) >= 11 is 1.62. The van der Waals surface area contributed by atoms with Crippen molar-refractivity contribution in [3.63, 3.8) is 0 Å². The van der Waals surface area contributed by atoms with Crippen molar-refractivity contribution in [3.05, 3.63) is 17.0 Å². The second-order valence-corrected chi connectivity index (χ2v) is 4.83. The second-order valence-electron chi connectivity index (χ2n) is 3.94. The predicted molar refractivity (Wildman–Crippen MR) is 65.6 cm³/mol. The fraction of sp³-hybridized carbons (Fsp3) is 0.545. The molecule has 1 amide bonds. The van der Waals surface area contributed by atoms with Crippen molar-refractivity contribution in [1.29, 1.82) is 0 Å². The highest BCUT2D eigenvalue weighted by Gasteiger charge is 2.12. The van der Waals surface area contributed by atoms with E-state index in [-0.39, 0.29) is 5.91 Å². The first kappa shape index (κ1) is 12.2. The SMILES string of the molecule is CC(=O)N(CCN(C)C)c1cc(C)cs1. The van der Waals surface area contributed by atoms with Crippen LogP contribution in [0.1, 0.15) is 12.5 Å². The minimum absolute atomic E-state index is 0.110. The van der Waals surface area contributed by atoms with Crippen molar-refractivity contribution in [2.45, 2.75) is 13.8 Å². The lowest BCUT2D eigenvalue weighted by Gasteiger charge is -2.21. The predicted octanol–water partition coefficient (Wildman–Crippen LogP) is 1.97. The van der Waals surface area contributed by atoms with Gasteiger partial charge in [0.2, 0.25) is 5.91 Å². The van der Waals surface area contributed by atoms with Crippen LogP contribution in [0.4, 0.5) is 5.00 Å². The summed E-state index contributed by atoms with van der Waals surface area (Å²) in [6, 6.07) is 2.06. The second kappa shape index (κ2) is 5.28. The fourth-order valence-corrected chi connectivity index (χ4v) is 2.26. The Bertz CT molecular complexity index is 333. The average Bonchev–Trinajstić information content (AvgIpc) is 2.51. The smallest absolute Gasteiger partial charge is 0.224 e. The molecule has 84 valence electrons. The standard InChI is InChI=1S/C11H18N2OS/c1-9-7-11(15-8-9)13(10(2)14)6-5-12(3)4/h7-8H,5-6H2,1-4H3. The van der Waals surface area contributed by atoms with E-state index in [0.717, 1.165) is 18.1 Å². The van der Waals surface area contributed by atoms with E-state index >= 15 is 0 Å². The third-order valence-electron chi connectivity index (χ3n) is 2.13. The van der Waals surface area contributed by atoms with Gasteiger partial charge in [-0.15, -0.1) is 11.3 Å². The molecular weight excluding hydrogens is 208 g/mol. The third kappa shape index (κ3) is 3.64. The highest BCUT2D eigenvalue weighted by Crippen LogP contribution is 2.24. The number of rotatable bonds is 4. The third-order valence-corrected chi connectivity index (χ3v) is 3.20. The molecule has 1 heterocycles. The Labute approximate surface area is 95.3 Å². The normalized spacial score (nSPS) is 10.7. The van der Waals surface area contributed by atoms with Crippen LogP contribution in [0.5, 0.6) is 0 Å². The van der Waals surface area contributed by atoms with Gasteiger partial charge in [-0.2, -0.15) is 0 Å². The van der Waals surface area contributed by atoms with Crippen molar-refractivity contribution in [2.75, 3.05) is 32.1 Å². The fourth-order valence-electron chi connectivity index (χ4n) is 1.28. The summed E-state index contributed by atoms with van der Waals surface area (Å²) in [6.07, 6.45) is 0. The van der Waals surface area contributed by atoms with Gasteiger partial charge in [-0.3, -0.25) is 4.79 Å². The van der Waals surface area contributed by atoms with Gasteiger partial charge in [0, 0.05) is 20.0 Å². The summed E-state index contributed by atoms with van der Waals surface area (Å²) in [5.41, 5.74) is 1.21. The molecule has 0 unspecified atom stereocenters. The van der Waals surface area contributed by atoms with Crippen LogP contribution < -0.4 is 4.90 Å². The molecule has 1 rings (SSSR count). The number of thiophene rings is 1. The molecule has 0 aliphatic heterocycles. The number of amides is 1. The Kier molecular flexibility index (Phi) is 4.29. The van der Waals surface area contributed by atoms with Crippen LogP contribution in [-0.4, -0.2) is 38.0 Å². The van der Waals surface area contributed by atoms with E-state index in [9.17, 15) is 4.79 Å². The lowest BCUT2D eigenvalue weighted by atomic mass is 10.3. The van der Waals surface area contributed by atoms with Crippen LogP contribution in [0, 0.1) is 6.92 Å². The zero-order valence-electron chi connectivity index (χ0n) is 9.78. The van der Waals surface area contributed by atoms with Crippen LogP contribution in [0.3, 0.4) is 0 Å². The lowest BCUT2D eigenvalue weighted by molar-refractivity contribution is -0.116. The van der Waals surface area contributed by atoms with E-state index in [1.54, 1.807) is 18.3 Å². The number of hydrogen-bond acceptors (Lipinski definition) is 3. The maximum atomic E-state index is 11.5. The van der Waals surface area contributed by atoms with E-state index < -0.39 is 0 Å². The Morgan fingerprint density at radius 1 is 1.40 bits per heavy atom. The van der Waals surface area contributed by atoms with Gasteiger partial charge in [-0.25, -0.2) is 0 Å². The Balaban J connectivity index is 2.70. The number of likely N-dealkylation sites (N-methyl/N-ethyl adjacent to an activating group) is 1. The molecule has 0 aliphatic rings. The molecular formula is C11H18N2OS. The monoisotopic (exact) mass is 226 g/mol. The summed E-state index contributed by atoms with van der Waals surface area (Å²) in [7, 11) is 4.02. The minimum atomic E-state index is 0.110. The first-order chi connectivity index (χ1) is 7.00. The number of anilines is 1. The van der Waals surface area contributed by atoms with Gasteiger partial charge in [0.05, 0.1) is 5.00 Å². The summed E-state index contributed by atoms with van der Waals surface area (Å²) in [5.74, 6) is 0.110. The molecule has 15 heavy (non-hydrogen) atoms. The minimum Gasteiger partial charge on any atom is -0.308 e. The molecule has 0 aliphatic carbocycles. The highest BCUT2D eigenvalue weighted by molar-refractivity contribution is 7.14. The van der Waals surface area contributed by atoms with Crippen molar-refractivity contribution in [3.8, 4) is 0 Å². The van der Waals surface area contributed by atoms with Gasteiger partial charge >= 0.3 is 0 Å². The average molecular weight is 226 g/mol. The number of aryl methyl sites for hydroxylation is 1. The highest BCUT2D eigenvalue weighted by atomic mass is 32.1. The topological polar surface area (TPSA) is 23.6 Å². The van der Waals surface area contributed by atoms with E-state index in [0.29, 0.717) is 0 Å². The van der Waals surface area contributed by atoms with Gasteiger partial charge in [0.15, 0.2) is 0 Å². The zero-order valence-corrected chi connectivity index (χ0v) is 10.6. The largest absolute Gasteiger partial charge is 0.308 e. The number of hydrogen-bond donors (Lipinski definition) is 0. The van der Waals surface area contributed by atoms with Crippen LogP contribution in [0.15, 0.2) is 11.4 Å². The molecule has 0 saturated heterocycles. The summed E-state index contributed by atoms with van der Waals surface area (Å²) in [6.45, 7) is 5.30. The molecule has 1 aromatic rings. The number of carbonyl (C=O) groups is 1. The molecule has 0 atom stereocenters. The van der Waals surface area contributed by atoms with Crippen LogP contribution in [0.25, 0.3) is 0 Å². The molecule has 0 saturated carbocycles. The van der Waals surface area contributed by atoms with Gasteiger partial charge in [-0.05, 0) is 38.0 Å². The molecule has 0 N–H and O–H groups in total. The van der Waals surface area contributed by atoms with Crippen LogP contribution in [0.2, 0.25) is 0 Å². The van der Waals surface area contributed by atoms with Crippen molar-refractivity contribution >= 4 is 22.2 Å². The molecule has 4 heteroatoms. The van der Waals surface area contributed by atoms with Gasteiger partial charge < -0.3 is 9.80 Å². The molecule has 0 bridgehead atoms. The van der Waals surface area contributed by atoms with Crippen LogP contribution >= 0.6 is 11.3 Å². The van der Waals surface area contributed by atoms with Crippen LogP contribution in [-0.2, 0) is 4.79 Å². The van der Waals surface area contributed by atoms with Gasteiger partial charge in [0.1, 0.15) is 0 Å². The zero-order chi connectivity index (χ0) is 11.4. The quantitative estimate of drug-likeness (QED) is 0.783. The summed E-state index contributed by atoms with van der Waals surface area (Å²) < 4.78 is 0. The summed E-state index contributed by atoms with van der Waals surface area (Å²) in [4.78, 5) is 15.4.